The molecule has 0 saturated heterocycles. The highest BCUT2D eigenvalue weighted by atomic mass is 32.2. The van der Waals surface area contributed by atoms with Gasteiger partial charge in [0.1, 0.15) is 0 Å². The Morgan fingerprint density at radius 1 is 1.08 bits per heavy atom. The van der Waals surface area contributed by atoms with Crippen LogP contribution in [0.2, 0.25) is 0 Å². The van der Waals surface area contributed by atoms with Crippen LogP contribution in [0.3, 0.4) is 0 Å². The summed E-state index contributed by atoms with van der Waals surface area (Å²) < 4.78 is 4.98. The van der Waals surface area contributed by atoms with Gasteiger partial charge in [-0.05, 0) is 98.5 Å². The summed E-state index contributed by atoms with van der Waals surface area (Å²) in [5.41, 5.74) is 2.10. The van der Waals surface area contributed by atoms with Gasteiger partial charge in [0.15, 0.2) is 0 Å². The molecule has 0 heterocycles. The maximum atomic E-state index is 11.4. The first kappa shape index (κ1) is 17.5. The summed E-state index contributed by atoms with van der Waals surface area (Å²) in [6, 6.07) is 9.42. The number of carbonyl (C=O) groups is 1. The largest absolute Gasteiger partial charge is 0.466 e. The molecule has 3 heteroatoms. The Morgan fingerprint density at radius 2 is 1.68 bits per heavy atom. The summed E-state index contributed by atoms with van der Waals surface area (Å²) in [6.45, 7) is 2.34. The quantitative estimate of drug-likeness (QED) is 0.361. The van der Waals surface area contributed by atoms with Gasteiger partial charge in [-0.25, -0.2) is 0 Å². The highest BCUT2D eigenvalue weighted by Crippen LogP contribution is 2.60. The van der Waals surface area contributed by atoms with E-state index in [0.29, 0.717) is 18.4 Å². The number of thioether (sulfide) groups is 1. The zero-order valence-corrected chi connectivity index (χ0v) is 16.2. The molecule has 1 aromatic carbocycles. The second-order valence-corrected chi connectivity index (χ2v) is 9.65. The predicted octanol–water partition coefficient (Wildman–Crippen LogP) is 5.59. The van der Waals surface area contributed by atoms with Crippen LogP contribution in [-0.4, -0.2) is 18.3 Å². The lowest BCUT2D eigenvalue weighted by Gasteiger charge is -2.57. The molecular formula is C22H30O2S. The van der Waals surface area contributed by atoms with Crippen LogP contribution < -0.4 is 0 Å². The van der Waals surface area contributed by atoms with Crippen LogP contribution in [0.1, 0.15) is 63.9 Å². The third kappa shape index (κ3) is 3.77. The Kier molecular flexibility index (Phi) is 5.13. The van der Waals surface area contributed by atoms with Crippen molar-refractivity contribution in [2.75, 3.05) is 12.4 Å². The van der Waals surface area contributed by atoms with Crippen molar-refractivity contribution in [3.63, 3.8) is 0 Å². The van der Waals surface area contributed by atoms with Crippen LogP contribution in [0.25, 0.3) is 0 Å². The number of benzene rings is 1. The van der Waals surface area contributed by atoms with Gasteiger partial charge in [0.25, 0.3) is 0 Å². The second-order valence-electron chi connectivity index (χ2n) is 8.48. The van der Waals surface area contributed by atoms with E-state index in [-0.39, 0.29) is 5.97 Å². The predicted molar refractivity (Wildman–Crippen MR) is 103 cm³/mol. The molecule has 0 aliphatic heterocycles. The minimum absolute atomic E-state index is 0.0692. The molecule has 4 fully saturated rings. The third-order valence-electron chi connectivity index (χ3n) is 6.60. The number of esters is 1. The van der Waals surface area contributed by atoms with E-state index in [9.17, 15) is 4.79 Å². The van der Waals surface area contributed by atoms with E-state index in [4.69, 9.17) is 4.74 Å². The van der Waals surface area contributed by atoms with Crippen molar-refractivity contribution in [2.24, 2.45) is 17.8 Å². The van der Waals surface area contributed by atoms with E-state index in [1.54, 1.807) is 5.56 Å². The molecule has 4 aliphatic carbocycles. The Hall–Kier alpha value is -0.960. The molecule has 136 valence electrons. The lowest BCUT2D eigenvalue weighted by atomic mass is 9.48. The lowest BCUT2D eigenvalue weighted by molar-refractivity contribution is -0.143. The monoisotopic (exact) mass is 358 g/mol. The summed E-state index contributed by atoms with van der Waals surface area (Å²) in [5, 5.41) is 0. The van der Waals surface area contributed by atoms with Crippen LogP contribution in [0, 0.1) is 17.8 Å². The van der Waals surface area contributed by atoms with Crippen molar-refractivity contribution in [1.82, 2.24) is 0 Å². The molecular weight excluding hydrogens is 328 g/mol. The number of rotatable bonds is 7. The molecule has 0 radical (unpaired) electrons. The van der Waals surface area contributed by atoms with Gasteiger partial charge in [0, 0.05) is 11.3 Å². The van der Waals surface area contributed by atoms with Gasteiger partial charge in [-0.15, -0.1) is 11.8 Å². The van der Waals surface area contributed by atoms with E-state index < -0.39 is 0 Å². The first-order valence-corrected chi connectivity index (χ1v) is 11.0. The Labute approximate surface area is 156 Å². The number of ether oxygens (including phenoxy) is 1. The van der Waals surface area contributed by atoms with E-state index in [1.807, 2.05) is 18.7 Å². The Bertz CT molecular complexity index is 572. The minimum atomic E-state index is -0.0692. The van der Waals surface area contributed by atoms with Crippen molar-refractivity contribution in [2.45, 2.75) is 68.6 Å². The molecule has 1 aromatic rings. The summed E-state index contributed by atoms with van der Waals surface area (Å²) in [6.07, 6.45) is 10.3. The topological polar surface area (TPSA) is 26.3 Å². The standard InChI is InChI=1S/C22H30O2S/c1-2-24-21(23)4-3-9-25-20-7-5-19(6-8-20)22-13-16-10-17(14-22)12-18(11-16)15-22/h5-8,16-18H,2-4,9-15H2,1H3. The van der Waals surface area contributed by atoms with Gasteiger partial charge in [-0.2, -0.15) is 0 Å². The van der Waals surface area contributed by atoms with E-state index in [2.05, 4.69) is 24.3 Å². The van der Waals surface area contributed by atoms with Crippen LogP contribution in [-0.2, 0) is 14.9 Å². The van der Waals surface area contributed by atoms with Crippen molar-refractivity contribution in [3.8, 4) is 0 Å². The highest BCUT2D eigenvalue weighted by Gasteiger charge is 2.51. The Morgan fingerprint density at radius 3 is 2.24 bits per heavy atom. The maximum absolute atomic E-state index is 11.4. The molecule has 2 nitrogen and oxygen atoms in total. The molecule has 4 aliphatic rings. The van der Waals surface area contributed by atoms with Crippen molar-refractivity contribution >= 4 is 17.7 Å². The summed E-state index contributed by atoms with van der Waals surface area (Å²) >= 11 is 1.86. The van der Waals surface area contributed by atoms with Crippen LogP contribution >= 0.6 is 11.8 Å². The number of carbonyl (C=O) groups excluding carboxylic acids is 1. The van der Waals surface area contributed by atoms with Crippen LogP contribution in [0.4, 0.5) is 0 Å². The van der Waals surface area contributed by atoms with E-state index in [0.717, 1.165) is 29.9 Å². The molecule has 0 amide bonds. The zero-order chi connectivity index (χ0) is 17.3. The van der Waals surface area contributed by atoms with Gasteiger partial charge in [-0.1, -0.05) is 12.1 Å². The van der Waals surface area contributed by atoms with Gasteiger partial charge in [0.2, 0.25) is 0 Å². The van der Waals surface area contributed by atoms with Crippen molar-refractivity contribution in [3.05, 3.63) is 29.8 Å². The fourth-order valence-corrected chi connectivity index (χ4v) is 6.86. The highest BCUT2D eigenvalue weighted by molar-refractivity contribution is 7.99. The average molecular weight is 359 g/mol. The van der Waals surface area contributed by atoms with Crippen molar-refractivity contribution in [1.29, 1.82) is 0 Å². The summed E-state index contributed by atoms with van der Waals surface area (Å²) in [4.78, 5) is 12.7. The van der Waals surface area contributed by atoms with Crippen LogP contribution in [0.15, 0.2) is 29.2 Å². The lowest BCUT2D eigenvalue weighted by Crippen LogP contribution is -2.48. The summed E-state index contributed by atoms with van der Waals surface area (Å²) in [5.74, 6) is 3.92. The number of hydrogen-bond donors (Lipinski definition) is 0. The summed E-state index contributed by atoms with van der Waals surface area (Å²) in [7, 11) is 0. The first-order chi connectivity index (χ1) is 12.2. The molecule has 25 heavy (non-hydrogen) atoms. The molecule has 0 unspecified atom stereocenters. The van der Waals surface area contributed by atoms with Crippen LogP contribution in [0.5, 0.6) is 0 Å². The smallest absolute Gasteiger partial charge is 0.305 e. The molecule has 4 saturated carbocycles. The fourth-order valence-electron chi connectivity index (χ4n) is 6.01. The molecule has 5 rings (SSSR count). The van der Waals surface area contributed by atoms with Gasteiger partial charge in [0.05, 0.1) is 6.61 Å². The molecule has 0 N–H and O–H groups in total. The van der Waals surface area contributed by atoms with Gasteiger partial charge >= 0.3 is 5.97 Å². The number of hydrogen-bond acceptors (Lipinski definition) is 3. The van der Waals surface area contributed by atoms with Crippen molar-refractivity contribution < 1.29 is 9.53 Å². The molecule has 0 aromatic heterocycles. The van der Waals surface area contributed by atoms with Gasteiger partial charge in [-0.3, -0.25) is 4.79 Å². The van der Waals surface area contributed by atoms with E-state index in [1.165, 1.54) is 43.4 Å². The third-order valence-corrected chi connectivity index (χ3v) is 7.70. The molecule has 0 spiro atoms. The van der Waals surface area contributed by atoms with E-state index >= 15 is 0 Å². The normalized spacial score (nSPS) is 32.8. The molecule has 4 bridgehead atoms. The minimum Gasteiger partial charge on any atom is -0.466 e. The van der Waals surface area contributed by atoms with Gasteiger partial charge < -0.3 is 4.74 Å². The maximum Gasteiger partial charge on any atom is 0.305 e. The Balaban J connectivity index is 1.32. The fraction of sp³-hybridized carbons (Fsp3) is 0.682. The first-order valence-electron chi connectivity index (χ1n) is 10.1. The average Bonchev–Trinajstić information content (AvgIpc) is 2.58. The molecule has 0 atom stereocenters. The SMILES string of the molecule is CCOC(=O)CCCSc1ccc(C23CC4CC(CC(C4)C2)C3)cc1. The second kappa shape index (κ2) is 7.34. The zero-order valence-electron chi connectivity index (χ0n) is 15.3.